The van der Waals surface area contributed by atoms with E-state index < -0.39 is 12.1 Å². The monoisotopic (exact) mass is 324 g/mol. The maximum absolute atomic E-state index is 11.3. The molecule has 0 aliphatic rings. The van der Waals surface area contributed by atoms with E-state index in [9.17, 15) is 9.90 Å². The molecular formula is C16H14Cl2O3. The molecule has 0 saturated carbocycles. The Morgan fingerprint density at radius 2 is 1.86 bits per heavy atom. The molecule has 0 radical (unpaired) electrons. The fourth-order valence-corrected chi connectivity index (χ4v) is 2.36. The van der Waals surface area contributed by atoms with Crippen LogP contribution in [-0.4, -0.2) is 17.2 Å². The Labute approximate surface area is 133 Å². The number of hydrogen-bond acceptors (Lipinski definition) is 2. The first-order chi connectivity index (χ1) is 10.1. The quantitative estimate of drug-likeness (QED) is 0.865. The van der Waals surface area contributed by atoms with E-state index in [4.69, 9.17) is 27.9 Å². The summed E-state index contributed by atoms with van der Waals surface area (Å²) in [7, 11) is 0. The maximum atomic E-state index is 11.3. The molecular weight excluding hydrogens is 311 g/mol. The van der Waals surface area contributed by atoms with E-state index in [0.717, 1.165) is 5.56 Å². The van der Waals surface area contributed by atoms with Crippen LogP contribution >= 0.6 is 23.2 Å². The zero-order chi connectivity index (χ0) is 15.2. The lowest BCUT2D eigenvalue weighted by atomic mass is 10.1. The van der Waals surface area contributed by atoms with Crippen molar-refractivity contribution in [3.63, 3.8) is 0 Å². The summed E-state index contributed by atoms with van der Waals surface area (Å²) in [6, 6.07) is 14.4. The Balaban J connectivity index is 2.04. The predicted octanol–water partition coefficient (Wildman–Crippen LogP) is 4.21. The molecule has 5 heteroatoms. The van der Waals surface area contributed by atoms with Gasteiger partial charge < -0.3 is 9.84 Å². The Hall–Kier alpha value is -1.55. The van der Waals surface area contributed by atoms with Crippen LogP contribution in [0.4, 0.5) is 0 Å². The number of rotatable bonds is 6. The van der Waals surface area contributed by atoms with Crippen LogP contribution in [0.1, 0.15) is 11.1 Å². The minimum atomic E-state index is -1.02. The van der Waals surface area contributed by atoms with Gasteiger partial charge in [-0.15, -0.1) is 0 Å². The summed E-state index contributed by atoms with van der Waals surface area (Å²) in [5.41, 5.74) is 1.62. The van der Waals surface area contributed by atoms with Crippen molar-refractivity contribution in [3.05, 3.63) is 69.7 Å². The summed E-state index contributed by atoms with van der Waals surface area (Å²) in [6.07, 6.45) is -0.762. The number of carboxylic acids is 1. The summed E-state index contributed by atoms with van der Waals surface area (Å²) < 4.78 is 5.49. The van der Waals surface area contributed by atoms with Crippen molar-refractivity contribution in [1.82, 2.24) is 0 Å². The van der Waals surface area contributed by atoms with Gasteiger partial charge >= 0.3 is 5.97 Å². The summed E-state index contributed by atoms with van der Waals surface area (Å²) in [5, 5.41) is 10.2. The van der Waals surface area contributed by atoms with Crippen molar-refractivity contribution in [2.75, 3.05) is 0 Å². The predicted molar refractivity (Wildman–Crippen MR) is 82.8 cm³/mol. The molecule has 0 aliphatic heterocycles. The molecule has 0 spiro atoms. The van der Waals surface area contributed by atoms with Gasteiger partial charge in [0.2, 0.25) is 0 Å². The molecule has 1 unspecified atom stereocenters. The van der Waals surface area contributed by atoms with Crippen LogP contribution in [-0.2, 0) is 22.6 Å². The van der Waals surface area contributed by atoms with Crippen LogP contribution < -0.4 is 0 Å². The molecule has 0 saturated heterocycles. The Morgan fingerprint density at radius 1 is 1.14 bits per heavy atom. The third-order valence-corrected chi connectivity index (χ3v) is 3.58. The minimum absolute atomic E-state index is 0.193. The van der Waals surface area contributed by atoms with Crippen LogP contribution in [0.15, 0.2) is 48.5 Å². The normalized spacial score (nSPS) is 12.1. The Bertz CT molecular complexity index is 614. The highest BCUT2D eigenvalue weighted by Gasteiger charge is 2.20. The van der Waals surface area contributed by atoms with Crippen LogP contribution in [0, 0.1) is 0 Å². The zero-order valence-electron chi connectivity index (χ0n) is 11.1. The summed E-state index contributed by atoms with van der Waals surface area (Å²) >= 11 is 11.9. The second kappa shape index (κ2) is 7.46. The molecule has 1 atom stereocenters. The van der Waals surface area contributed by atoms with Gasteiger partial charge in [-0.05, 0) is 23.3 Å². The van der Waals surface area contributed by atoms with E-state index in [2.05, 4.69) is 0 Å². The van der Waals surface area contributed by atoms with E-state index in [0.29, 0.717) is 15.6 Å². The Kier molecular flexibility index (Phi) is 5.62. The lowest BCUT2D eigenvalue weighted by Gasteiger charge is -2.15. The molecule has 0 fully saturated rings. The smallest absolute Gasteiger partial charge is 0.333 e. The first-order valence-corrected chi connectivity index (χ1v) is 7.14. The largest absolute Gasteiger partial charge is 0.479 e. The molecule has 0 aliphatic carbocycles. The van der Waals surface area contributed by atoms with Crippen molar-refractivity contribution < 1.29 is 14.6 Å². The molecule has 0 heterocycles. The van der Waals surface area contributed by atoms with Crippen molar-refractivity contribution in [1.29, 1.82) is 0 Å². The molecule has 0 amide bonds. The number of benzene rings is 2. The second-order valence-corrected chi connectivity index (χ2v) is 5.41. The first-order valence-electron chi connectivity index (χ1n) is 6.38. The average Bonchev–Trinajstić information content (AvgIpc) is 2.46. The van der Waals surface area contributed by atoms with Gasteiger partial charge in [0.15, 0.2) is 6.10 Å². The fourth-order valence-electron chi connectivity index (χ4n) is 1.88. The highest BCUT2D eigenvalue weighted by atomic mass is 35.5. The molecule has 2 rings (SSSR count). The van der Waals surface area contributed by atoms with Crippen LogP contribution in [0.5, 0.6) is 0 Å². The molecule has 110 valence electrons. The minimum Gasteiger partial charge on any atom is -0.479 e. The zero-order valence-corrected chi connectivity index (χ0v) is 12.6. The van der Waals surface area contributed by atoms with Gasteiger partial charge in [-0.25, -0.2) is 4.79 Å². The molecule has 2 aromatic rings. The first kappa shape index (κ1) is 15.8. The molecule has 2 aromatic carbocycles. The lowest BCUT2D eigenvalue weighted by molar-refractivity contribution is -0.151. The van der Waals surface area contributed by atoms with Gasteiger partial charge in [0, 0.05) is 16.5 Å². The molecule has 21 heavy (non-hydrogen) atoms. The van der Waals surface area contributed by atoms with E-state index >= 15 is 0 Å². The molecule has 3 nitrogen and oxygen atoms in total. The van der Waals surface area contributed by atoms with E-state index in [1.807, 2.05) is 30.3 Å². The van der Waals surface area contributed by atoms with Crippen LogP contribution in [0.2, 0.25) is 10.0 Å². The van der Waals surface area contributed by atoms with Crippen LogP contribution in [0.3, 0.4) is 0 Å². The number of halogens is 2. The summed E-state index contributed by atoms with van der Waals surface area (Å²) in [6.45, 7) is 0.239. The van der Waals surface area contributed by atoms with E-state index in [1.165, 1.54) is 0 Å². The standard InChI is InChI=1S/C16H14Cl2O3/c17-13-7-6-12(14(18)9-13)8-15(16(19)20)21-10-11-4-2-1-3-5-11/h1-7,9,15H,8,10H2,(H,19,20). The number of aliphatic carboxylic acids is 1. The maximum Gasteiger partial charge on any atom is 0.333 e. The number of carboxylic acid groups (broad SMARTS) is 1. The molecule has 1 N–H and O–H groups in total. The molecule has 0 aromatic heterocycles. The SMILES string of the molecule is O=C(O)C(Cc1ccc(Cl)cc1Cl)OCc1ccccc1. The topological polar surface area (TPSA) is 46.5 Å². The summed E-state index contributed by atoms with van der Waals surface area (Å²) in [5.74, 6) is -1.02. The van der Waals surface area contributed by atoms with Gasteiger partial charge in [-0.2, -0.15) is 0 Å². The number of carbonyl (C=O) groups is 1. The highest BCUT2D eigenvalue weighted by Crippen LogP contribution is 2.23. The van der Waals surface area contributed by atoms with Crippen molar-refractivity contribution in [2.24, 2.45) is 0 Å². The third kappa shape index (κ3) is 4.74. The summed E-state index contributed by atoms with van der Waals surface area (Å²) in [4.78, 5) is 11.3. The van der Waals surface area contributed by atoms with Gasteiger partial charge in [-0.3, -0.25) is 0 Å². The highest BCUT2D eigenvalue weighted by molar-refractivity contribution is 6.35. The number of ether oxygens (including phenoxy) is 1. The van der Waals surface area contributed by atoms with Gasteiger partial charge in [0.25, 0.3) is 0 Å². The van der Waals surface area contributed by atoms with Crippen LogP contribution in [0.25, 0.3) is 0 Å². The average molecular weight is 325 g/mol. The fraction of sp³-hybridized carbons (Fsp3) is 0.188. The van der Waals surface area contributed by atoms with Crippen molar-refractivity contribution >= 4 is 29.2 Å². The van der Waals surface area contributed by atoms with Gasteiger partial charge in [0.05, 0.1) is 6.61 Å². The lowest BCUT2D eigenvalue weighted by Crippen LogP contribution is -2.26. The van der Waals surface area contributed by atoms with Gasteiger partial charge in [0.1, 0.15) is 0 Å². The van der Waals surface area contributed by atoms with Crippen molar-refractivity contribution in [2.45, 2.75) is 19.1 Å². The third-order valence-electron chi connectivity index (χ3n) is 2.99. The molecule has 0 bridgehead atoms. The van der Waals surface area contributed by atoms with E-state index in [-0.39, 0.29) is 13.0 Å². The van der Waals surface area contributed by atoms with Gasteiger partial charge in [-0.1, -0.05) is 59.6 Å². The second-order valence-electron chi connectivity index (χ2n) is 4.56. The van der Waals surface area contributed by atoms with E-state index in [1.54, 1.807) is 18.2 Å². The Morgan fingerprint density at radius 3 is 2.48 bits per heavy atom. The number of hydrogen-bond donors (Lipinski definition) is 1. The van der Waals surface area contributed by atoms with Crippen molar-refractivity contribution in [3.8, 4) is 0 Å².